The van der Waals surface area contributed by atoms with Crippen LogP contribution in [0.5, 0.6) is 5.75 Å². The number of nitrogens with zero attached hydrogens (tertiary/aromatic N) is 2. The number of nitrogens with one attached hydrogen (secondary N) is 1. The van der Waals surface area contributed by atoms with Crippen molar-refractivity contribution >= 4 is 28.3 Å². The van der Waals surface area contributed by atoms with Crippen molar-refractivity contribution in [3.8, 4) is 5.75 Å². The fraction of sp³-hybridized carbons (Fsp3) is 0.360. The molecule has 1 aliphatic heterocycles. The highest BCUT2D eigenvalue weighted by molar-refractivity contribution is 5.93. The zero-order valence-electron chi connectivity index (χ0n) is 17.9. The van der Waals surface area contributed by atoms with Crippen LogP contribution in [0.3, 0.4) is 0 Å². The highest BCUT2D eigenvalue weighted by atomic mass is 16.5. The molecule has 0 bridgehead atoms. The van der Waals surface area contributed by atoms with Gasteiger partial charge in [0.1, 0.15) is 17.1 Å². The molecule has 1 fully saturated rings. The fourth-order valence-corrected chi connectivity index (χ4v) is 4.08. The Balaban J connectivity index is 1.49. The number of anilines is 2. The van der Waals surface area contributed by atoms with E-state index in [-0.39, 0.29) is 12.5 Å². The monoisotopic (exact) mass is 403 g/mol. The van der Waals surface area contributed by atoms with Gasteiger partial charge in [0.25, 0.3) is 5.91 Å². The molecular weight excluding hydrogens is 374 g/mol. The van der Waals surface area contributed by atoms with Crippen molar-refractivity contribution in [2.75, 3.05) is 29.9 Å². The summed E-state index contributed by atoms with van der Waals surface area (Å²) >= 11 is 0. The zero-order chi connectivity index (χ0) is 21.1. The van der Waals surface area contributed by atoms with Gasteiger partial charge in [-0.1, -0.05) is 36.8 Å². The van der Waals surface area contributed by atoms with Crippen molar-refractivity contribution in [3.63, 3.8) is 0 Å². The second-order valence-electron chi connectivity index (χ2n) is 8.35. The van der Waals surface area contributed by atoms with E-state index in [1.54, 1.807) is 0 Å². The number of amides is 1. The van der Waals surface area contributed by atoms with E-state index in [2.05, 4.69) is 29.3 Å². The van der Waals surface area contributed by atoms with Crippen LogP contribution >= 0.6 is 0 Å². The highest BCUT2D eigenvalue weighted by Gasteiger charge is 2.18. The maximum absolute atomic E-state index is 12.4. The molecule has 4 rings (SSSR count). The van der Waals surface area contributed by atoms with E-state index in [1.165, 1.54) is 18.4 Å². The number of aryl methyl sites for hydroxylation is 2. The van der Waals surface area contributed by atoms with Gasteiger partial charge in [-0.25, -0.2) is 4.98 Å². The van der Waals surface area contributed by atoms with Crippen molar-refractivity contribution in [1.82, 2.24) is 4.98 Å². The number of pyridine rings is 1. The lowest BCUT2D eigenvalue weighted by Gasteiger charge is -2.32. The predicted molar refractivity (Wildman–Crippen MR) is 122 cm³/mol. The van der Waals surface area contributed by atoms with Gasteiger partial charge in [0.05, 0.1) is 0 Å². The van der Waals surface area contributed by atoms with Crippen molar-refractivity contribution in [2.45, 2.75) is 33.6 Å². The number of benzene rings is 2. The second-order valence-corrected chi connectivity index (χ2v) is 8.35. The molecule has 1 amide bonds. The number of carbonyl (C=O) groups excluding carboxylic acids is 1. The first-order valence-electron chi connectivity index (χ1n) is 10.6. The third-order valence-corrected chi connectivity index (χ3v) is 5.66. The number of aromatic nitrogens is 1. The van der Waals surface area contributed by atoms with Crippen LogP contribution in [-0.4, -0.2) is 30.6 Å². The molecule has 30 heavy (non-hydrogen) atoms. The van der Waals surface area contributed by atoms with Gasteiger partial charge in [-0.05, 0) is 62.4 Å². The molecule has 1 saturated heterocycles. The van der Waals surface area contributed by atoms with Crippen molar-refractivity contribution in [3.05, 3.63) is 59.7 Å². The Bertz CT molecular complexity index is 1060. The van der Waals surface area contributed by atoms with Gasteiger partial charge in [-0.15, -0.1) is 0 Å². The van der Waals surface area contributed by atoms with E-state index >= 15 is 0 Å². The van der Waals surface area contributed by atoms with Crippen LogP contribution in [0.15, 0.2) is 48.5 Å². The number of rotatable bonds is 5. The van der Waals surface area contributed by atoms with Gasteiger partial charge in [0.15, 0.2) is 6.61 Å². The minimum atomic E-state index is -0.181. The number of ether oxygens (including phenoxy) is 1. The Kier molecular flexibility index (Phi) is 5.88. The maximum Gasteiger partial charge on any atom is 0.262 e. The predicted octanol–water partition coefficient (Wildman–Crippen LogP) is 5.11. The third-order valence-electron chi connectivity index (χ3n) is 5.66. The van der Waals surface area contributed by atoms with Crippen molar-refractivity contribution in [1.29, 1.82) is 0 Å². The van der Waals surface area contributed by atoms with Crippen molar-refractivity contribution < 1.29 is 9.53 Å². The first kappa shape index (κ1) is 20.2. The van der Waals surface area contributed by atoms with Crippen LogP contribution in [0.25, 0.3) is 10.9 Å². The molecule has 3 aromatic rings. The van der Waals surface area contributed by atoms with E-state index in [9.17, 15) is 4.79 Å². The van der Waals surface area contributed by atoms with E-state index in [4.69, 9.17) is 9.72 Å². The molecule has 1 N–H and O–H groups in total. The molecular formula is C25H29N3O2. The topological polar surface area (TPSA) is 54.5 Å². The van der Waals surface area contributed by atoms with Gasteiger partial charge in [-0.2, -0.15) is 0 Å². The molecule has 5 heteroatoms. The largest absolute Gasteiger partial charge is 0.481 e. The Morgan fingerprint density at radius 3 is 2.87 bits per heavy atom. The summed E-state index contributed by atoms with van der Waals surface area (Å²) in [5, 5.41) is 3.94. The standard InChI is InChI=1S/C25H29N3O2/c1-17-9-11-21(19(3)14-17)26-24(29)16-30-22-8-4-7-20-10-12-23(27-25(20)22)28-13-5-6-18(2)15-28/h4,7-12,14,18H,5-6,13,15-16H2,1-3H3,(H,26,29)/t18-/m0/s1. The molecule has 0 aliphatic carbocycles. The van der Waals surface area contributed by atoms with E-state index in [1.807, 2.05) is 50.2 Å². The minimum Gasteiger partial charge on any atom is -0.481 e. The van der Waals surface area contributed by atoms with Gasteiger partial charge in [-0.3, -0.25) is 4.79 Å². The third kappa shape index (κ3) is 4.56. The molecule has 2 heterocycles. The summed E-state index contributed by atoms with van der Waals surface area (Å²) in [6.07, 6.45) is 2.46. The Hall–Kier alpha value is -3.08. The van der Waals surface area contributed by atoms with Gasteiger partial charge in [0.2, 0.25) is 0 Å². The molecule has 0 saturated carbocycles. The summed E-state index contributed by atoms with van der Waals surface area (Å²) in [6, 6.07) is 16.0. The maximum atomic E-state index is 12.4. The van der Waals surface area contributed by atoms with Crippen LogP contribution in [0.2, 0.25) is 0 Å². The summed E-state index contributed by atoms with van der Waals surface area (Å²) in [5.74, 6) is 2.11. The van der Waals surface area contributed by atoms with Gasteiger partial charge < -0.3 is 15.0 Å². The van der Waals surface area contributed by atoms with Crippen LogP contribution in [0.1, 0.15) is 30.9 Å². The Morgan fingerprint density at radius 1 is 1.20 bits per heavy atom. The Morgan fingerprint density at radius 2 is 2.07 bits per heavy atom. The summed E-state index contributed by atoms with van der Waals surface area (Å²) in [4.78, 5) is 19.7. The molecule has 1 aromatic heterocycles. The summed E-state index contributed by atoms with van der Waals surface area (Å²) in [6.45, 7) is 8.31. The van der Waals surface area contributed by atoms with Crippen LogP contribution in [0, 0.1) is 19.8 Å². The fourth-order valence-electron chi connectivity index (χ4n) is 4.08. The first-order chi connectivity index (χ1) is 14.5. The van der Waals surface area contributed by atoms with Crippen LogP contribution in [-0.2, 0) is 4.79 Å². The summed E-state index contributed by atoms with van der Waals surface area (Å²) in [7, 11) is 0. The average molecular weight is 404 g/mol. The van der Waals surface area contributed by atoms with Crippen LogP contribution in [0.4, 0.5) is 11.5 Å². The molecule has 0 radical (unpaired) electrons. The summed E-state index contributed by atoms with van der Waals surface area (Å²) < 4.78 is 5.89. The SMILES string of the molecule is Cc1ccc(NC(=O)COc2cccc3ccc(N4CCC[C@H](C)C4)nc23)c(C)c1. The quantitative estimate of drug-likeness (QED) is 0.643. The minimum absolute atomic E-state index is 0.0565. The average Bonchev–Trinajstić information content (AvgIpc) is 2.74. The number of para-hydroxylation sites is 1. The number of piperidine rings is 1. The highest BCUT2D eigenvalue weighted by Crippen LogP contribution is 2.28. The molecule has 0 unspecified atom stereocenters. The normalized spacial score (nSPS) is 16.5. The summed E-state index contributed by atoms with van der Waals surface area (Å²) in [5.41, 5.74) is 3.82. The lowest BCUT2D eigenvalue weighted by atomic mass is 10.0. The first-order valence-corrected chi connectivity index (χ1v) is 10.6. The molecule has 5 nitrogen and oxygen atoms in total. The van der Waals surface area contributed by atoms with Crippen molar-refractivity contribution in [2.24, 2.45) is 5.92 Å². The molecule has 156 valence electrons. The van der Waals surface area contributed by atoms with E-state index < -0.39 is 0 Å². The molecule has 0 spiro atoms. The number of hydrogen-bond donors (Lipinski definition) is 1. The Labute approximate surface area is 178 Å². The second kappa shape index (κ2) is 8.74. The van der Waals surface area contributed by atoms with E-state index in [0.29, 0.717) is 11.7 Å². The number of fused-ring (bicyclic) bond motifs is 1. The zero-order valence-corrected chi connectivity index (χ0v) is 17.9. The van der Waals surface area contributed by atoms with Crippen LogP contribution < -0.4 is 15.0 Å². The molecule has 1 aliphatic rings. The van der Waals surface area contributed by atoms with Gasteiger partial charge in [0, 0.05) is 24.2 Å². The number of hydrogen-bond acceptors (Lipinski definition) is 4. The van der Waals surface area contributed by atoms with Gasteiger partial charge >= 0.3 is 0 Å². The van der Waals surface area contributed by atoms with E-state index in [0.717, 1.165) is 41.1 Å². The molecule has 2 aromatic carbocycles. The number of carbonyl (C=O) groups is 1. The lowest BCUT2D eigenvalue weighted by molar-refractivity contribution is -0.118. The smallest absolute Gasteiger partial charge is 0.262 e. The molecule has 1 atom stereocenters. The lowest BCUT2D eigenvalue weighted by Crippen LogP contribution is -2.34.